The summed E-state index contributed by atoms with van der Waals surface area (Å²) in [4.78, 5) is 11.0. The largest absolute Gasteiger partial charge is 0.312 e. The third-order valence-electron chi connectivity index (χ3n) is 5.00. The van der Waals surface area contributed by atoms with Gasteiger partial charge in [-0.05, 0) is 37.4 Å². The molecule has 3 aliphatic heterocycles. The quantitative estimate of drug-likeness (QED) is 0.825. The molecule has 0 saturated carbocycles. The van der Waals surface area contributed by atoms with Gasteiger partial charge in [0.25, 0.3) is 10.0 Å². The van der Waals surface area contributed by atoms with Gasteiger partial charge in [0.05, 0.1) is 4.90 Å². The van der Waals surface area contributed by atoms with E-state index in [1.807, 2.05) is 0 Å². The van der Waals surface area contributed by atoms with E-state index in [0.29, 0.717) is 12.0 Å². The zero-order chi connectivity index (χ0) is 18.0. The van der Waals surface area contributed by atoms with E-state index in [2.05, 4.69) is 24.9 Å². The van der Waals surface area contributed by atoms with Gasteiger partial charge in [-0.1, -0.05) is 18.2 Å². The molecule has 138 valence electrons. The number of benzene rings is 1. The second-order valence-corrected chi connectivity index (χ2v) is 8.76. The summed E-state index contributed by atoms with van der Waals surface area (Å²) in [6, 6.07) is 8.79. The van der Waals surface area contributed by atoms with Gasteiger partial charge in [-0.15, -0.1) is 0 Å². The molecular weight excluding hydrogens is 350 g/mol. The van der Waals surface area contributed by atoms with Crippen LogP contribution >= 0.6 is 0 Å². The number of rotatable bonds is 5. The second kappa shape index (κ2) is 7.30. The molecule has 5 rings (SSSR count). The highest BCUT2D eigenvalue weighted by Gasteiger charge is 2.28. The molecule has 1 aromatic heterocycles. The molecule has 0 spiro atoms. The maximum atomic E-state index is 12.3. The minimum absolute atomic E-state index is 0.0928. The number of fused-ring (bicyclic) bond motifs is 4. The molecule has 7 nitrogen and oxygen atoms in total. The first-order valence-electron chi connectivity index (χ1n) is 8.93. The molecule has 3 saturated heterocycles. The Labute approximate surface area is 153 Å². The van der Waals surface area contributed by atoms with Crippen molar-refractivity contribution in [3.63, 3.8) is 0 Å². The van der Waals surface area contributed by atoms with Crippen LogP contribution in [0.1, 0.15) is 18.4 Å². The fourth-order valence-electron chi connectivity index (χ4n) is 3.69. The van der Waals surface area contributed by atoms with Crippen LogP contribution in [-0.2, 0) is 16.6 Å². The fourth-order valence-corrected chi connectivity index (χ4v) is 4.67. The first-order chi connectivity index (χ1) is 12.6. The average Bonchev–Trinajstić information content (AvgIpc) is 2.96. The number of hydrogen-bond donors (Lipinski definition) is 2. The Kier molecular flexibility index (Phi) is 4.88. The van der Waals surface area contributed by atoms with Crippen molar-refractivity contribution in [3.05, 3.63) is 48.3 Å². The lowest BCUT2D eigenvalue weighted by Crippen LogP contribution is -2.39. The van der Waals surface area contributed by atoms with E-state index >= 15 is 0 Å². The highest BCUT2D eigenvalue weighted by atomic mass is 32.2. The number of nitrogens with zero attached hydrogens (tertiary/aromatic N) is 3. The Balaban J connectivity index is 1.41. The summed E-state index contributed by atoms with van der Waals surface area (Å²) in [5.74, 6) is 0.807. The molecule has 26 heavy (non-hydrogen) atoms. The minimum Gasteiger partial charge on any atom is -0.312 e. The van der Waals surface area contributed by atoms with Crippen molar-refractivity contribution in [1.29, 1.82) is 0 Å². The SMILES string of the molecule is O=S(=O)(Nc1ncc(CN2CC3CCC(C2)NC3)cn1)c1ccccc1. The zero-order valence-corrected chi connectivity index (χ0v) is 15.3. The van der Waals surface area contributed by atoms with Gasteiger partial charge in [0, 0.05) is 43.6 Å². The maximum absolute atomic E-state index is 12.3. The molecule has 2 atom stereocenters. The summed E-state index contributed by atoms with van der Waals surface area (Å²) < 4.78 is 27.1. The third-order valence-corrected chi connectivity index (χ3v) is 6.35. The van der Waals surface area contributed by atoms with E-state index in [-0.39, 0.29) is 10.8 Å². The molecule has 2 bridgehead atoms. The van der Waals surface area contributed by atoms with Crippen molar-refractivity contribution in [1.82, 2.24) is 20.2 Å². The van der Waals surface area contributed by atoms with Crippen LogP contribution < -0.4 is 10.0 Å². The average molecular weight is 373 g/mol. The van der Waals surface area contributed by atoms with Crippen LogP contribution in [-0.4, -0.2) is 49.0 Å². The van der Waals surface area contributed by atoms with Gasteiger partial charge < -0.3 is 5.32 Å². The number of nitrogens with one attached hydrogen (secondary N) is 2. The Morgan fingerprint density at radius 1 is 1.12 bits per heavy atom. The molecule has 1 aromatic carbocycles. The van der Waals surface area contributed by atoms with E-state index in [0.717, 1.165) is 31.7 Å². The first kappa shape index (κ1) is 17.4. The molecule has 0 amide bonds. The van der Waals surface area contributed by atoms with Crippen LogP contribution in [0.5, 0.6) is 0 Å². The highest BCUT2D eigenvalue weighted by molar-refractivity contribution is 7.92. The predicted octanol–water partition coefficient (Wildman–Crippen LogP) is 1.46. The molecule has 3 aliphatic rings. The van der Waals surface area contributed by atoms with Crippen molar-refractivity contribution in [2.24, 2.45) is 5.92 Å². The Hall–Kier alpha value is -2.03. The number of sulfonamides is 1. The minimum atomic E-state index is -3.66. The molecular formula is C18H23N5O2S. The van der Waals surface area contributed by atoms with Gasteiger partial charge in [0.1, 0.15) is 0 Å². The fraction of sp³-hybridized carbons (Fsp3) is 0.444. The monoisotopic (exact) mass is 373 g/mol. The smallest absolute Gasteiger partial charge is 0.264 e. The summed E-state index contributed by atoms with van der Waals surface area (Å²) >= 11 is 0. The molecule has 3 fully saturated rings. The van der Waals surface area contributed by atoms with Crippen molar-refractivity contribution in [3.8, 4) is 0 Å². The Bertz CT molecular complexity index is 820. The Morgan fingerprint density at radius 2 is 1.88 bits per heavy atom. The summed E-state index contributed by atoms with van der Waals surface area (Å²) in [7, 11) is -3.66. The van der Waals surface area contributed by atoms with Gasteiger partial charge in [-0.2, -0.15) is 0 Å². The van der Waals surface area contributed by atoms with E-state index in [1.165, 1.54) is 12.8 Å². The number of anilines is 1. The standard InChI is InChI=1S/C18H23N5O2S/c24-26(25,17-4-2-1-3-5-17)22-18-20-9-15(10-21-18)12-23-11-14-6-7-16(13-23)19-8-14/h1-5,9-10,14,16,19H,6-8,11-13H2,(H,20,21,22). The van der Waals surface area contributed by atoms with E-state index < -0.39 is 10.0 Å². The van der Waals surface area contributed by atoms with Crippen molar-refractivity contribution < 1.29 is 8.42 Å². The number of hydrogen-bond acceptors (Lipinski definition) is 6. The van der Waals surface area contributed by atoms with Crippen molar-refractivity contribution >= 4 is 16.0 Å². The lowest BCUT2D eigenvalue weighted by atomic mass is 9.97. The summed E-state index contributed by atoms with van der Waals surface area (Å²) in [5.41, 5.74) is 0.994. The van der Waals surface area contributed by atoms with Crippen molar-refractivity contribution in [2.75, 3.05) is 24.4 Å². The van der Waals surface area contributed by atoms with Gasteiger partial charge in [0.15, 0.2) is 0 Å². The topological polar surface area (TPSA) is 87.2 Å². The number of aromatic nitrogens is 2. The van der Waals surface area contributed by atoms with E-state index in [4.69, 9.17) is 0 Å². The lowest BCUT2D eigenvalue weighted by Gasteiger charge is -2.23. The van der Waals surface area contributed by atoms with Gasteiger partial charge in [0.2, 0.25) is 5.95 Å². The zero-order valence-electron chi connectivity index (χ0n) is 14.5. The maximum Gasteiger partial charge on any atom is 0.264 e. The van der Waals surface area contributed by atoms with Crippen LogP contribution in [0.25, 0.3) is 0 Å². The molecule has 2 N–H and O–H groups in total. The molecule has 4 heterocycles. The third kappa shape index (κ3) is 4.03. The van der Waals surface area contributed by atoms with Crippen LogP contribution in [0.3, 0.4) is 0 Å². The van der Waals surface area contributed by atoms with Gasteiger partial charge in [-0.3, -0.25) is 4.90 Å². The van der Waals surface area contributed by atoms with E-state index in [1.54, 1.807) is 42.7 Å². The van der Waals surface area contributed by atoms with Crippen molar-refractivity contribution in [2.45, 2.75) is 30.3 Å². The summed E-state index contributed by atoms with van der Waals surface area (Å²) in [6.07, 6.45) is 5.95. The van der Waals surface area contributed by atoms with Crippen LogP contribution in [0.15, 0.2) is 47.6 Å². The first-order valence-corrected chi connectivity index (χ1v) is 10.4. The van der Waals surface area contributed by atoms with Crippen LogP contribution in [0, 0.1) is 5.92 Å². The number of piperidine rings is 1. The summed E-state index contributed by atoms with van der Waals surface area (Å²) in [5, 5.41) is 3.60. The van der Waals surface area contributed by atoms with Crippen LogP contribution in [0.4, 0.5) is 5.95 Å². The molecule has 8 heteroatoms. The summed E-state index contributed by atoms with van der Waals surface area (Å²) in [6.45, 7) is 4.03. The second-order valence-electron chi connectivity index (χ2n) is 7.08. The van der Waals surface area contributed by atoms with E-state index in [9.17, 15) is 8.42 Å². The normalized spacial score (nSPS) is 23.5. The highest BCUT2D eigenvalue weighted by Crippen LogP contribution is 2.22. The van der Waals surface area contributed by atoms with Gasteiger partial charge in [-0.25, -0.2) is 23.1 Å². The molecule has 2 aromatic rings. The van der Waals surface area contributed by atoms with Gasteiger partial charge >= 0.3 is 0 Å². The van der Waals surface area contributed by atoms with Crippen LogP contribution in [0.2, 0.25) is 0 Å². The molecule has 0 aliphatic carbocycles. The Morgan fingerprint density at radius 3 is 2.58 bits per heavy atom. The predicted molar refractivity (Wildman–Crippen MR) is 99.1 cm³/mol. The lowest BCUT2D eigenvalue weighted by molar-refractivity contribution is 0.255. The molecule has 2 unspecified atom stereocenters. The molecule has 0 radical (unpaired) electrons.